The third-order valence-electron chi connectivity index (χ3n) is 2.58. The molecular weight excluding hydrogens is 317 g/mol. The van der Waals surface area contributed by atoms with Crippen LogP contribution in [0.5, 0.6) is 0 Å². The van der Waals surface area contributed by atoms with Crippen LogP contribution in [0.15, 0.2) is 23.1 Å². The molecule has 0 heterocycles. The highest BCUT2D eigenvalue weighted by Crippen LogP contribution is 2.32. The van der Waals surface area contributed by atoms with Gasteiger partial charge in [-0.25, -0.2) is 13.1 Å². The standard InChI is InChI=1S/C11H14ClF3N2O2S/c1-7(16-2)6-17-20(18,19)10-4-8(11(13,14)15)3-9(12)5-10/h3-5,7,16-17H,6H2,1-2H3. The summed E-state index contributed by atoms with van der Waals surface area (Å²) in [5.41, 5.74) is -1.10. The van der Waals surface area contributed by atoms with Crippen molar-refractivity contribution >= 4 is 21.6 Å². The molecular formula is C11H14ClF3N2O2S. The van der Waals surface area contributed by atoms with Gasteiger partial charge in [0.15, 0.2) is 0 Å². The Morgan fingerprint density at radius 2 is 1.90 bits per heavy atom. The molecule has 1 unspecified atom stereocenters. The second kappa shape index (κ2) is 6.30. The normalized spacial score (nSPS) is 14.3. The second-order valence-corrected chi connectivity index (χ2v) is 6.42. The topological polar surface area (TPSA) is 58.2 Å². The molecule has 0 saturated heterocycles. The highest BCUT2D eigenvalue weighted by Gasteiger charge is 2.32. The van der Waals surface area contributed by atoms with Crippen molar-refractivity contribution in [3.63, 3.8) is 0 Å². The molecule has 0 aliphatic heterocycles. The Bertz CT molecular complexity index is 576. The summed E-state index contributed by atoms with van der Waals surface area (Å²) in [5.74, 6) is 0. The van der Waals surface area contributed by atoms with E-state index in [1.165, 1.54) is 0 Å². The van der Waals surface area contributed by atoms with Gasteiger partial charge < -0.3 is 5.32 Å². The van der Waals surface area contributed by atoms with Crippen molar-refractivity contribution in [1.82, 2.24) is 10.0 Å². The molecule has 0 fully saturated rings. The maximum absolute atomic E-state index is 12.6. The van der Waals surface area contributed by atoms with Crippen molar-refractivity contribution < 1.29 is 21.6 Å². The van der Waals surface area contributed by atoms with Crippen LogP contribution in [0.2, 0.25) is 5.02 Å². The Balaban J connectivity index is 3.10. The minimum absolute atomic E-state index is 0.0483. The van der Waals surface area contributed by atoms with E-state index >= 15 is 0 Å². The monoisotopic (exact) mass is 330 g/mol. The Hall–Kier alpha value is -0.830. The summed E-state index contributed by atoms with van der Waals surface area (Å²) >= 11 is 5.55. The van der Waals surface area contributed by atoms with E-state index in [1.807, 2.05) is 0 Å². The zero-order valence-electron chi connectivity index (χ0n) is 10.8. The van der Waals surface area contributed by atoms with Crippen LogP contribution in [0.4, 0.5) is 13.2 Å². The summed E-state index contributed by atoms with van der Waals surface area (Å²) in [7, 11) is -2.41. The summed E-state index contributed by atoms with van der Waals surface area (Å²) in [4.78, 5) is -0.513. The molecule has 1 aromatic carbocycles. The Kier molecular flexibility index (Phi) is 5.42. The van der Waals surface area contributed by atoms with E-state index in [9.17, 15) is 21.6 Å². The summed E-state index contributed by atoms with van der Waals surface area (Å²) in [6.07, 6.45) is -4.66. The van der Waals surface area contributed by atoms with E-state index in [0.29, 0.717) is 12.1 Å². The summed E-state index contributed by atoms with van der Waals surface area (Å²) < 4.78 is 63.9. The fourth-order valence-electron chi connectivity index (χ4n) is 1.30. The number of halogens is 4. The van der Waals surface area contributed by atoms with Gasteiger partial charge in [-0.15, -0.1) is 0 Å². The van der Waals surface area contributed by atoms with Crippen LogP contribution in [-0.2, 0) is 16.2 Å². The highest BCUT2D eigenvalue weighted by atomic mass is 35.5. The van der Waals surface area contributed by atoms with Gasteiger partial charge in [-0.2, -0.15) is 13.2 Å². The molecule has 0 spiro atoms. The number of benzene rings is 1. The zero-order valence-corrected chi connectivity index (χ0v) is 12.3. The number of sulfonamides is 1. The third-order valence-corrected chi connectivity index (χ3v) is 4.20. The first kappa shape index (κ1) is 17.2. The van der Waals surface area contributed by atoms with Gasteiger partial charge in [0.25, 0.3) is 0 Å². The van der Waals surface area contributed by atoms with Crippen LogP contribution in [0, 0.1) is 0 Å². The minimum atomic E-state index is -4.66. The predicted octanol–water partition coefficient (Wildman–Crippen LogP) is 2.25. The number of hydrogen-bond donors (Lipinski definition) is 2. The molecule has 1 aromatic rings. The quantitative estimate of drug-likeness (QED) is 0.870. The lowest BCUT2D eigenvalue weighted by Crippen LogP contribution is -2.37. The molecule has 2 N–H and O–H groups in total. The Labute approximate surface area is 120 Å². The van der Waals surface area contributed by atoms with Gasteiger partial charge in [0.1, 0.15) is 0 Å². The van der Waals surface area contributed by atoms with Gasteiger partial charge in [-0.05, 0) is 32.2 Å². The molecule has 114 valence electrons. The number of hydrogen-bond acceptors (Lipinski definition) is 3. The summed E-state index contributed by atoms with van der Waals surface area (Å²) in [5, 5.41) is 2.51. The Morgan fingerprint density at radius 1 is 1.30 bits per heavy atom. The van der Waals surface area contributed by atoms with Crippen LogP contribution < -0.4 is 10.0 Å². The van der Waals surface area contributed by atoms with Crippen molar-refractivity contribution in [2.75, 3.05) is 13.6 Å². The zero-order chi connectivity index (χ0) is 15.6. The van der Waals surface area contributed by atoms with Crippen LogP contribution in [-0.4, -0.2) is 28.1 Å². The number of likely N-dealkylation sites (N-methyl/N-ethyl adjacent to an activating group) is 1. The molecule has 0 bridgehead atoms. The first-order chi connectivity index (χ1) is 9.06. The number of alkyl halides is 3. The van der Waals surface area contributed by atoms with Crippen molar-refractivity contribution in [3.8, 4) is 0 Å². The average molecular weight is 331 g/mol. The lowest BCUT2D eigenvalue weighted by Gasteiger charge is -2.13. The highest BCUT2D eigenvalue weighted by molar-refractivity contribution is 7.89. The van der Waals surface area contributed by atoms with E-state index in [-0.39, 0.29) is 17.6 Å². The van der Waals surface area contributed by atoms with Gasteiger partial charge in [0.05, 0.1) is 10.5 Å². The molecule has 0 saturated carbocycles. The van der Waals surface area contributed by atoms with Gasteiger partial charge in [0, 0.05) is 17.6 Å². The maximum Gasteiger partial charge on any atom is 0.416 e. The van der Waals surface area contributed by atoms with Crippen molar-refractivity contribution in [2.24, 2.45) is 0 Å². The molecule has 0 aliphatic rings. The van der Waals surface area contributed by atoms with Gasteiger partial charge in [-0.3, -0.25) is 0 Å². The van der Waals surface area contributed by atoms with Gasteiger partial charge in [0.2, 0.25) is 10.0 Å². The molecule has 0 radical (unpaired) electrons. The fourth-order valence-corrected chi connectivity index (χ4v) is 2.80. The van der Waals surface area contributed by atoms with Crippen molar-refractivity contribution in [1.29, 1.82) is 0 Å². The van der Waals surface area contributed by atoms with Gasteiger partial charge in [-0.1, -0.05) is 11.6 Å². The number of nitrogens with one attached hydrogen (secondary N) is 2. The van der Waals surface area contributed by atoms with E-state index in [1.54, 1.807) is 14.0 Å². The molecule has 0 aliphatic carbocycles. The molecule has 9 heteroatoms. The Morgan fingerprint density at radius 3 is 2.40 bits per heavy atom. The van der Waals surface area contributed by atoms with Crippen LogP contribution >= 0.6 is 11.6 Å². The molecule has 0 amide bonds. The molecule has 0 aromatic heterocycles. The smallest absolute Gasteiger partial charge is 0.316 e. The predicted molar refractivity (Wildman–Crippen MR) is 70.2 cm³/mol. The molecule has 20 heavy (non-hydrogen) atoms. The SMILES string of the molecule is CNC(C)CNS(=O)(=O)c1cc(Cl)cc(C(F)(F)F)c1. The van der Waals surface area contributed by atoms with E-state index in [2.05, 4.69) is 10.0 Å². The molecule has 1 atom stereocenters. The van der Waals surface area contributed by atoms with E-state index < -0.39 is 26.7 Å². The van der Waals surface area contributed by atoms with Crippen LogP contribution in [0.3, 0.4) is 0 Å². The van der Waals surface area contributed by atoms with Gasteiger partial charge >= 0.3 is 6.18 Å². The van der Waals surface area contributed by atoms with Crippen molar-refractivity contribution in [2.45, 2.75) is 24.0 Å². The van der Waals surface area contributed by atoms with Crippen LogP contribution in [0.1, 0.15) is 12.5 Å². The average Bonchev–Trinajstić information content (AvgIpc) is 2.34. The summed E-state index contributed by atoms with van der Waals surface area (Å²) in [6, 6.07) is 2.05. The van der Waals surface area contributed by atoms with E-state index in [0.717, 1.165) is 6.07 Å². The summed E-state index contributed by atoms with van der Waals surface area (Å²) in [6.45, 7) is 1.77. The first-order valence-corrected chi connectivity index (χ1v) is 7.47. The second-order valence-electron chi connectivity index (χ2n) is 4.21. The number of rotatable bonds is 5. The third kappa shape index (κ3) is 4.62. The van der Waals surface area contributed by atoms with E-state index in [4.69, 9.17) is 11.6 Å². The lowest BCUT2D eigenvalue weighted by molar-refractivity contribution is -0.137. The molecule has 1 rings (SSSR count). The first-order valence-electron chi connectivity index (χ1n) is 5.61. The lowest BCUT2D eigenvalue weighted by atomic mass is 10.2. The molecule has 4 nitrogen and oxygen atoms in total. The largest absolute Gasteiger partial charge is 0.416 e. The minimum Gasteiger partial charge on any atom is -0.316 e. The van der Waals surface area contributed by atoms with Crippen LogP contribution in [0.25, 0.3) is 0 Å². The van der Waals surface area contributed by atoms with Crippen molar-refractivity contribution in [3.05, 3.63) is 28.8 Å². The fraction of sp³-hybridized carbons (Fsp3) is 0.455. The maximum atomic E-state index is 12.6.